The zero-order valence-electron chi connectivity index (χ0n) is 17.9. The molecule has 1 aliphatic heterocycles. The molecule has 1 fully saturated rings. The second-order valence-corrected chi connectivity index (χ2v) is 9.22. The van der Waals surface area contributed by atoms with Crippen LogP contribution in [0, 0.1) is 11.3 Å². The maximum Gasteiger partial charge on any atom is 0.177 e. The Morgan fingerprint density at radius 1 is 1.18 bits per heavy atom. The summed E-state index contributed by atoms with van der Waals surface area (Å²) >= 11 is 18.9. The van der Waals surface area contributed by atoms with Gasteiger partial charge in [0.05, 0.1) is 26.1 Å². The molecule has 0 bridgehead atoms. The van der Waals surface area contributed by atoms with Crippen LogP contribution in [0.1, 0.15) is 30.7 Å². The number of aromatic nitrogens is 4. The van der Waals surface area contributed by atoms with Crippen molar-refractivity contribution < 1.29 is 4.74 Å². The average molecular weight is 515 g/mol. The maximum atomic E-state index is 9.72. The number of nitrogens with one attached hydrogen (secondary N) is 1. The first-order valence-corrected chi connectivity index (χ1v) is 11.6. The number of H-pyrrole nitrogens is 1. The molecule has 8 nitrogen and oxygen atoms in total. The average Bonchev–Trinajstić information content (AvgIpc) is 3.21. The summed E-state index contributed by atoms with van der Waals surface area (Å²) in [5.41, 5.74) is 9.12. The lowest BCUT2D eigenvalue weighted by Crippen LogP contribution is -2.46. The van der Waals surface area contributed by atoms with Gasteiger partial charge in [-0.2, -0.15) is 10.4 Å². The molecular formula is C23H18Cl3N7O. The fraction of sp³-hybridized carbons (Fsp3) is 0.217. The summed E-state index contributed by atoms with van der Waals surface area (Å²) in [6.45, 7) is 3.00. The largest absolute Gasteiger partial charge is 0.470 e. The van der Waals surface area contributed by atoms with E-state index in [1.54, 1.807) is 24.4 Å². The van der Waals surface area contributed by atoms with Crippen molar-refractivity contribution in [1.82, 2.24) is 20.2 Å². The lowest BCUT2D eigenvalue weighted by molar-refractivity contribution is 0.214. The van der Waals surface area contributed by atoms with Crippen molar-refractivity contribution in [3.8, 4) is 23.1 Å². The normalized spacial score (nSPS) is 16.2. The SMILES string of the molecule is C[C@@H]1CCN1c1ncc(-c2n[nH]c3cc(Cl)c(O[C@H](N)c4c(Cl)cncc4Cl)cc23)cc1C#N. The number of rotatable bonds is 5. The van der Waals surface area contributed by atoms with E-state index in [9.17, 15) is 5.26 Å². The van der Waals surface area contributed by atoms with Gasteiger partial charge < -0.3 is 9.64 Å². The highest BCUT2D eigenvalue weighted by molar-refractivity contribution is 6.36. The molecule has 172 valence electrons. The lowest BCUT2D eigenvalue weighted by Gasteiger charge is -2.40. The Bertz CT molecular complexity index is 1430. The molecule has 3 aromatic heterocycles. The predicted octanol–water partition coefficient (Wildman–Crippen LogP) is 5.49. The predicted molar refractivity (Wildman–Crippen MR) is 132 cm³/mol. The van der Waals surface area contributed by atoms with Gasteiger partial charge in [0, 0.05) is 47.7 Å². The van der Waals surface area contributed by atoms with Crippen LogP contribution in [-0.2, 0) is 0 Å². The molecule has 3 N–H and O–H groups in total. The molecule has 4 heterocycles. The minimum atomic E-state index is -0.974. The van der Waals surface area contributed by atoms with E-state index in [0.717, 1.165) is 18.4 Å². The molecule has 0 amide bonds. The summed E-state index contributed by atoms with van der Waals surface area (Å²) in [6, 6.07) is 7.84. The number of fused-ring (bicyclic) bond motifs is 1. The number of aromatic amines is 1. The Hall–Kier alpha value is -3.09. The van der Waals surface area contributed by atoms with Crippen molar-refractivity contribution in [2.75, 3.05) is 11.4 Å². The van der Waals surface area contributed by atoms with Gasteiger partial charge >= 0.3 is 0 Å². The third kappa shape index (κ3) is 3.91. The van der Waals surface area contributed by atoms with Crippen LogP contribution in [0.5, 0.6) is 5.75 Å². The highest BCUT2D eigenvalue weighted by Gasteiger charge is 2.27. The van der Waals surface area contributed by atoms with E-state index < -0.39 is 6.23 Å². The number of nitrogens with two attached hydrogens (primary N) is 1. The van der Waals surface area contributed by atoms with E-state index in [1.807, 2.05) is 0 Å². The topological polar surface area (TPSA) is 117 Å². The standard InChI is InChI=1S/C23H18Cl3N7O/c1-11-2-3-33(11)23-12(7-27)4-13(8-30-23)21-14-5-19(15(24)6-18(14)31-32-21)34-22(28)20-16(25)9-29-10-17(20)26/h4-6,8-11,22H,2-3,28H2,1H3,(H,31,32)/t11-,22+/m1/s1. The monoisotopic (exact) mass is 513 g/mol. The number of nitrogens with zero attached hydrogens (tertiary/aromatic N) is 5. The molecular weight excluding hydrogens is 497 g/mol. The summed E-state index contributed by atoms with van der Waals surface area (Å²) in [6.07, 6.45) is 4.71. The van der Waals surface area contributed by atoms with Crippen LogP contribution in [0.3, 0.4) is 0 Å². The third-order valence-electron chi connectivity index (χ3n) is 5.90. The molecule has 4 aromatic rings. The number of hydrogen-bond acceptors (Lipinski definition) is 7. The molecule has 0 unspecified atom stereocenters. The number of ether oxygens (including phenoxy) is 1. The maximum absolute atomic E-state index is 9.72. The molecule has 34 heavy (non-hydrogen) atoms. The van der Waals surface area contributed by atoms with Crippen LogP contribution in [0.2, 0.25) is 15.1 Å². The van der Waals surface area contributed by atoms with Gasteiger partial charge in [-0.25, -0.2) is 4.98 Å². The van der Waals surface area contributed by atoms with Crippen LogP contribution in [-0.4, -0.2) is 32.8 Å². The van der Waals surface area contributed by atoms with Crippen molar-refractivity contribution in [3.05, 3.63) is 63.0 Å². The van der Waals surface area contributed by atoms with Gasteiger partial charge in [-0.05, 0) is 31.5 Å². The van der Waals surface area contributed by atoms with Crippen LogP contribution < -0.4 is 15.4 Å². The highest BCUT2D eigenvalue weighted by Crippen LogP contribution is 2.38. The number of hydrogen-bond donors (Lipinski definition) is 2. The minimum absolute atomic E-state index is 0.285. The number of pyridine rings is 2. The highest BCUT2D eigenvalue weighted by atomic mass is 35.5. The fourth-order valence-corrected chi connectivity index (χ4v) is 4.73. The van der Waals surface area contributed by atoms with Gasteiger partial charge in [0.25, 0.3) is 0 Å². The summed E-state index contributed by atoms with van der Waals surface area (Å²) in [4.78, 5) is 10.6. The molecule has 1 saturated heterocycles. The summed E-state index contributed by atoms with van der Waals surface area (Å²) < 4.78 is 5.92. The van der Waals surface area contributed by atoms with E-state index >= 15 is 0 Å². The van der Waals surface area contributed by atoms with Crippen molar-refractivity contribution in [3.63, 3.8) is 0 Å². The van der Waals surface area contributed by atoms with E-state index in [0.29, 0.717) is 50.5 Å². The van der Waals surface area contributed by atoms with Crippen molar-refractivity contribution in [2.24, 2.45) is 5.73 Å². The molecule has 2 atom stereocenters. The van der Waals surface area contributed by atoms with Crippen LogP contribution in [0.25, 0.3) is 22.2 Å². The summed E-state index contributed by atoms with van der Waals surface area (Å²) in [5.74, 6) is 1.02. The van der Waals surface area contributed by atoms with E-state index in [-0.39, 0.29) is 10.0 Å². The Labute approximate surface area is 210 Å². The zero-order valence-corrected chi connectivity index (χ0v) is 20.2. The lowest BCUT2D eigenvalue weighted by atomic mass is 10.0. The van der Waals surface area contributed by atoms with Crippen molar-refractivity contribution >= 4 is 51.5 Å². The smallest absolute Gasteiger partial charge is 0.177 e. The van der Waals surface area contributed by atoms with Crippen LogP contribution >= 0.6 is 34.8 Å². The van der Waals surface area contributed by atoms with Crippen molar-refractivity contribution in [2.45, 2.75) is 25.6 Å². The Morgan fingerprint density at radius 2 is 1.94 bits per heavy atom. The Kier molecular flexibility index (Phi) is 5.96. The molecule has 0 aliphatic carbocycles. The van der Waals surface area contributed by atoms with E-state index in [1.165, 1.54) is 12.4 Å². The number of nitriles is 1. The molecule has 0 spiro atoms. The molecule has 1 aromatic carbocycles. The zero-order chi connectivity index (χ0) is 24.0. The van der Waals surface area contributed by atoms with Crippen LogP contribution in [0.15, 0.2) is 36.8 Å². The molecule has 1 aliphatic rings. The first kappa shape index (κ1) is 22.7. The summed E-state index contributed by atoms with van der Waals surface area (Å²) in [5, 5.41) is 18.7. The quantitative estimate of drug-likeness (QED) is 0.338. The third-order valence-corrected chi connectivity index (χ3v) is 6.79. The second-order valence-electron chi connectivity index (χ2n) is 7.99. The number of anilines is 1. The molecule has 0 saturated carbocycles. The Balaban J connectivity index is 1.52. The summed E-state index contributed by atoms with van der Waals surface area (Å²) in [7, 11) is 0. The first-order valence-electron chi connectivity index (χ1n) is 10.4. The fourth-order valence-electron chi connectivity index (χ4n) is 3.95. The van der Waals surface area contributed by atoms with Gasteiger partial charge in [0.15, 0.2) is 6.23 Å². The van der Waals surface area contributed by atoms with Crippen LogP contribution in [0.4, 0.5) is 5.82 Å². The number of benzene rings is 1. The van der Waals surface area contributed by atoms with Gasteiger partial charge in [-0.15, -0.1) is 0 Å². The van der Waals surface area contributed by atoms with Gasteiger partial charge in [0.2, 0.25) is 0 Å². The van der Waals surface area contributed by atoms with Gasteiger partial charge in [-0.1, -0.05) is 34.8 Å². The molecule has 0 radical (unpaired) electrons. The number of halogens is 3. The first-order chi connectivity index (χ1) is 16.4. The van der Waals surface area contributed by atoms with Gasteiger partial charge in [-0.3, -0.25) is 15.8 Å². The van der Waals surface area contributed by atoms with Gasteiger partial charge in [0.1, 0.15) is 23.3 Å². The second kappa shape index (κ2) is 8.93. The van der Waals surface area contributed by atoms with E-state index in [4.69, 9.17) is 45.3 Å². The molecule has 11 heteroatoms. The minimum Gasteiger partial charge on any atom is -0.470 e. The Morgan fingerprint density at radius 3 is 2.59 bits per heavy atom. The molecule has 5 rings (SSSR count). The van der Waals surface area contributed by atoms with E-state index in [2.05, 4.69) is 38.1 Å². The van der Waals surface area contributed by atoms with Crippen molar-refractivity contribution in [1.29, 1.82) is 5.26 Å².